The second-order valence-electron chi connectivity index (χ2n) is 6.04. The van der Waals surface area contributed by atoms with Gasteiger partial charge in [0.05, 0.1) is 5.60 Å². The van der Waals surface area contributed by atoms with Crippen LogP contribution in [0.5, 0.6) is 0 Å². The minimum atomic E-state index is 0.195. The topological polar surface area (TPSA) is 21.3 Å². The molecule has 1 heterocycles. The maximum absolute atomic E-state index is 6.09. The molecule has 1 aliphatic carbocycles. The molecule has 2 fully saturated rings. The number of anilines is 1. The van der Waals surface area contributed by atoms with E-state index in [2.05, 4.69) is 46.4 Å². The maximum Gasteiger partial charge on any atom is 0.0702 e. The smallest absolute Gasteiger partial charge is 0.0702 e. The van der Waals surface area contributed by atoms with Crippen molar-refractivity contribution in [1.82, 2.24) is 0 Å². The van der Waals surface area contributed by atoms with Crippen molar-refractivity contribution in [3.05, 3.63) is 28.2 Å². The zero-order valence-corrected chi connectivity index (χ0v) is 13.1. The molecule has 1 unspecified atom stereocenters. The fourth-order valence-electron chi connectivity index (χ4n) is 3.49. The predicted octanol–water partition coefficient (Wildman–Crippen LogP) is 4.66. The van der Waals surface area contributed by atoms with Crippen LogP contribution in [0.1, 0.15) is 44.1 Å². The second kappa shape index (κ2) is 5.45. The van der Waals surface area contributed by atoms with Crippen LogP contribution in [-0.4, -0.2) is 18.2 Å². The monoisotopic (exact) mass is 323 g/mol. The van der Waals surface area contributed by atoms with Gasteiger partial charge in [0.25, 0.3) is 0 Å². The third kappa shape index (κ3) is 2.97. The maximum atomic E-state index is 6.09. The van der Waals surface area contributed by atoms with Crippen LogP contribution < -0.4 is 5.32 Å². The molecule has 0 bridgehead atoms. The van der Waals surface area contributed by atoms with Crippen molar-refractivity contribution in [2.24, 2.45) is 0 Å². The molecule has 1 saturated carbocycles. The van der Waals surface area contributed by atoms with Crippen LogP contribution in [0.3, 0.4) is 0 Å². The van der Waals surface area contributed by atoms with Crippen LogP contribution in [0.2, 0.25) is 0 Å². The lowest BCUT2D eigenvalue weighted by atomic mass is 9.89. The number of ether oxygens (including phenoxy) is 1. The van der Waals surface area contributed by atoms with E-state index in [9.17, 15) is 0 Å². The summed E-state index contributed by atoms with van der Waals surface area (Å²) < 4.78 is 7.27. The minimum Gasteiger partial charge on any atom is -0.382 e. The zero-order valence-electron chi connectivity index (χ0n) is 11.5. The number of aryl methyl sites for hydroxylation is 1. The molecule has 104 valence electrons. The van der Waals surface area contributed by atoms with Gasteiger partial charge >= 0.3 is 0 Å². The van der Waals surface area contributed by atoms with Gasteiger partial charge in [-0.05, 0) is 56.4 Å². The van der Waals surface area contributed by atoms with Gasteiger partial charge in [0, 0.05) is 22.8 Å². The molecule has 1 atom stereocenters. The molecular formula is C16H22BrNO. The third-order valence-electron chi connectivity index (χ3n) is 4.54. The molecule has 3 rings (SSSR count). The summed E-state index contributed by atoms with van der Waals surface area (Å²) in [4.78, 5) is 0. The summed E-state index contributed by atoms with van der Waals surface area (Å²) in [7, 11) is 0. The highest BCUT2D eigenvalue weighted by atomic mass is 79.9. The molecule has 1 spiro atoms. The highest BCUT2D eigenvalue weighted by Crippen LogP contribution is 2.40. The molecule has 0 amide bonds. The lowest BCUT2D eigenvalue weighted by Gasteiger charge is -2.39. The van der Waals surface area contributed by atoms with Crippen molar-refractivity contribution in [3.63, 3.8) is 0 Å². The van der Waals surface area contributed by atoms with Crippen LogP contribution in [0, 0.1) is 6.92 Å². The van der Waals surface area contributed by atoms with Gasteiger partial charge in [-0.3, -0.25) is 0 Å². The lowest BCUT2D eigenvalue weighted by molar-refractivity contribution is -0.0767. The van der Waals surface area contributed by atoms with Crippen molar-refractivity contribution in [2.75, 3.05) is 11.9 Å². The standard InChI is InChI=1S/C16H22BrNO/c1-12-10-13(4-5-15(12)17)18-14-6-9-19-16(11-14)7-2-3-8-16/h4-5,10,14,18H,2-3,6-9,11H2,1H3. The Bertz CT molecular complexity index is 454. The quantitative estimate of drug-likeness (QED) is 0.854. The normalized spacial score (nSPS) is 25.7. The fourth-order valence-corrected chi connectivity index (χ4v) is 3.74. The number of nitrogens with one attached hydrogen (secondary N) is 1. The summed E-state index contributed by atoms with van der Waals surface area (Å²) in [6, 6.07) is 7.07. The highest BCUT2D eigenvalue weighted by molar-refractivity contribution is 9.10. The van der Waals surface area contributed by atoms with E-state index in [0.29, 0.717) is 6.04 Å². The SMILES string of the molecule is Cc1cc(NC2CCOC3(CCCC3)C2)ccc1Br. The summed E-state index contributed by atoms with van der Waals surface area (Å²) in [5, 5.41) is 3.70. The first-order valence-electron chi connectivity index (χ1n) is 7.34. The highest BCUT2D eigenvalue weighted by Gasteiger charge is 2.39. The van der Waals surface area contributed by atoms with E-state index >= 15 is 0 Å². The van der Waals surface area contributed by atoms with E-state index in [-0.39, 0.29) is 5.60 Å². The van der Waals surface area contributed by atoms with Gasteiger partial charge in [-0.25, -0.2) is 0 Å². The van der Waals surface area contributed by atoms with Crippen molar-refractivity contribution in [2.45, 2.75) is 57.1 Å². The average molecular weight is 324 g/mol. The molecule has 1 saturated heterocycles. The Morgan fingerprint density at radius 3 is 2.84 bits per heavy atom. The van der Waals surface area contributed by atoms with E-state index in [1.54, 1.807) is 0 Å². The van der Waals surface area contributed by atoms with E-state index in [1.165, 1.54) is 47.8 Å². The number of rotatable bonds is 2. The summed E-state index contributed by atoms with van der Waals surface area (Å²) in [5.74, 6) is 0. The molecule has 1 aliphatic heterocycles. The molecule has 3 heteroatoms. The van der Waals surface area contributed by atoms with Gasteiger partial charge in [0.2, 0.25) is 0 Å². The Hall–Kier alpha value is -0.540. The van der Waals surface area contributed by atoms with Crippen LogP contribution in [0.15, 0.2) is 22.7 Å². The summed E-state index contributed by atoms with van der Waals surface area (Å²) >= 11 is 3.56. The molecule has 2 aliphatic rings. The molecule has 1 aromatic carbocycles. The van der Waals surface area contributed by atoms with Crippen molar-refractivity contribution in [1.29, 1.82) is 0 Å². The van der Waals surface area contributed by atoms with Crippen molar-refractivity contribution < 1.29 is 4.74 Å². The van der Waals surface area contributed by atoms with Gasteiger partial charge in [0.15, 0.2) is 0 Å². The van der Waals surface area contributed by atoms with E-state index < -0.39 is 0 Å². The number of hydrogen-bond donors (Lipinski definition) is 1. The number of halogens is 1. The van der Waals surface area contributed by atoms with E-state index in [1.807, 2.05) is 0 Å². The average Bonchev–Trinajstić information content (AvgIpc) is 2.82. The first-order chi connectivity index (χ1) is 9.17. The minimum absolute atomic E-state index is 0.195. The van der Waals surface area contributed by atoms with Gasteiger partial charge in [-0.2, -0.15) is 0 Å². The summed E-state index contributed by atoms with van der Waals surface area (Å²) in [6.45, 7) is 3.05. The first kappa shape index (κ1) is 13.4. The molecular weight excluding hydrogens is 302 g/mol. The van der Waals surface area contributed by atoms with Crippen LogP contribution in [-0.2, 0) is 4.74 Å². The second-order valence-corrected chi connectivity index (χ2v) is 6.89. The molecule has 1 N–H and O–H groups in total. The van der Waals surface area contributed by atoms with Gasteiger partial charge in [0.1, 0.15) is 0 Å². The Morgan fingerprint density at radius 2 is 2.11 bits per heavy atom. The third-order valence-corrected chi connectivity index (χ3v) is 5.43. The van der Waals surface area contributed by atoms with Crippen molar-refractivity contribution >= 4 is 21.6 Å². The van der Waals surface area contributed by atoms with E-state index in [4.69, 9.17) is 4.74 Å². The van der Waals surface area contributed by atoms with Crippen LogP contribution in [0.4, 0.5) is 5.69 Å². The summed E-state index contributed by atoms with van der Waals surface area (Å²) in [5.41, 5.74) is 2.72. The molecule has 19 heavy (non-hydrogen) atoms. The Kier molecular flexibility index (Phi) is 3.86. The van der Waals surface area contributed by atoms with Crippen LogP contribution in [0.25, 0.3) is 0 Å². The molecule has 0 radical (unpaired) electrons. The summed E-state index contributed by atoms with van der Waals surface area (Å²) in [6.07, 6.45) is 7.47. The molecule has 2 nitrogen and oxygen atoms in total. The van der Waals surface area contributed by atoms with E-state index in [0.717, 1.165) is 13.0 Å². The molecule has 0 aromatic heterocycles. The number of hydrogen-bond acceptors (Lipinski definition) is 2. The largest absolute Gasteiger partial charge is 0.382 e. The van der Waals surface area contributed by atoms with Gasteiger partial charge in [-0.1, -0.05) is 28.8 Å². The predicted molar refractivity (Wildman–Crippen MR) is 82.7 cm³/mol. The van der Waals surface area contributed by atoms with Gasteiger partial charge < -0.3 is 10.1 Å². The Labute approximate surface area is 124 Å². The fraction of sp³-hybridized carbons (Fsp3) is 0.625. The van der Waals surface area contributed by atoms with Gasteiger partial charge in [-0.15, -0.1) is 0 Å². The van der Waals surface area contributed by atoms with Crippen LogP contribution >= 0.6 is 15.9 Å². The Morgan fingerprint density at radius 1 is 1.32 bits per heavy atom. The lowest BCUT2D eigenvalue weighted by Crippen LogP contribution is -2.42. The van der Waals surface area contributed by atoms with Crippen molar-refractivity contribution in [3.8, 4) is 0 Å². The zero-order chi connectivity index (χ0) is 13.3. The first-order valence-corrected chi connectivity index (χ1v) is 8.13. The number of benzene rings is 1. The molecule has 1 aromatic rings. The Balaban J connectivity index is 1.67.